The molecule has 0 aliphatic carbocycles. The number of methoxy groups -OCH3 is 1. The maximum atomic E-state index is 13.3. The van der Waals surface area contributed by atoms with Crippen molar-refractivity contribution in [1.29, 1.82) is 0 Å². The number of aromatic amines is 1. The summed E-state index contributed by atoms with van der Waals surface area (Å²) in [7, 11) is 1.30. The monoisotopic (exact) mass is 584 g/mol. The van der Waals surface area contributed by atoms with Crippen LogP contribution >= 0.6 is 11.6 Å². The number of carbonyl (C=O) groups is 2. The van der Waals surface area contributed by atoms with Crippen LogP contribution in [0.5, 0.6) is 0 Å². The SMILES string of the molecule is COC(=O)Nc1ccc(-c2nc([C@H](Cc3ccccc3)NC(=O)CCc3cc(C)ccc3-n3cnnn3)[nH]c2Cl)cc1. The highest BCUT2D eigenvalue weighted by Crippen LogP contribution is 2.29. The van der Waals surface area contributed by atoms with E-state index in [1.165, 1.54) is 13.4 Å². The Morgan fingerprint density at radius 1 is 1.07 bits per heavy atom. The van der Waals surface area contributed by atoms with E-state index in [2.05, 4.69) is 35.9 Å². The molecule has 42 heavy (non-hydrogen) atoms. The molecule has 12 heteroatoms. The fourth-order valence-corrected chi connectivity index (χ4v) is 4.84. The average molecular weight is 585 g/mol. The molecule has 0 aliphatic heterocycles. The number of hydrogen-bond donors (Lipinski definition) is 3. The van der Waals surface area contributed by atoms with Crippen LogP contribution in [0.4, 0.5) is 10.5 Å². The Labute approximate surface area is 247 Å². The van der Waals surface area contributed by atoms with Crippen molar-refractivity contribution in [3.05, 3.63) is 107 Å². The number of tetrazole rings is 1. The summed E-state index contributed by atoms with van der Waals surface area (Å²) in [4.78, 5) is 32.7. The standard InChI is InChI=1S/C30H29ClN8O3/c1-19-8-14-25(39-18-32-37-38-39)22(16-19)11-15-26(40)34-24(17-20-6-4-3-5-7-20)29-35-27(28(31)36-29)21-9-12-23(13-10-21)33-30(41)42-2/h3-10,12-14,16,18,24H,11,15,17H2,1-2H3,(H,33,41)(H,34,40)(H,35,36)/t24-/m0/s1. The van der Waals surface area contributed by atoms with Gasteiger partial charge in [-0.05, 0) is 59.5 Å². The first-order chi connectivity index (χ1) is 20.4. The molecule has 0 unspecified atom stereocenters. The van der Waals surface area contributed by atoms with Crippen molar-refractivity contribution >= 4 is 29.3 Å². The first-order valence-electron chi connectivity index (χ1n) is 13.3. The molecule has 0 saturated heterocycles. The van der Waals surface area contributed by atoms with E-state index in [0.717, 1.165) is 27.9 Å². The molecule has 5 aromatic rings. The molecule has 214 valence electrons. The fraction of sp³-hybridized carbons (Fsp3) is 0.200. The minimum absolute atomic E-state index is 0.132. The maximum Gasteiger partial charge on any atom is 0.411 e. The maximum absolute atomic E-state index is 13.3. The minimum Gasteiger partial charge on any atom is -0.453 e. The van der Waals surface area contributed by atoms with Crippen molar-refractivity contribution in [3.8, 4) is 16.9 Å². The van der Waals surface area contributed by atoms with Crippen LogP contribution in [0.2, 0.25) is 5.15 Å². The predicted molar refractivity (Wildman–Crippen MR) is 158 cm³/mol. The molecule has 0 radical (unpaired) electrons. The van der Waals surface area contributed by atoms with Crippen LogP contribution in [-0.2, 0) is 22.4 Å². The highest BCUT2D eigenvalue weighted by molar-refractivity contribution is 6.31. The smallest absolute Gasteiger partial charge is 0.411 e. The number of imidazole rings is 1. The first kappa shape index (κ1) is 28.5. The Kier molecular flexibility index (Phi) is 8.88. The van der Waals surface area contributed by atoms with Crippen LogP contribution in [0.3, 0.4) is 0 Å². The summed E-state index contributed by atoms with van der Waals surface area (Å²) in [5.41, 5.74) is 5.76. The number of anilines is 1. The van der Waals surface area contributed by atoms with Crippen molar-refractivity contribution in [3.63, 3.8) is 0 Å². The van der Waals surface area contributed by atoms with Gasteiger partial charge >= 0.3 is 6.09 Å². The Hall–Kier alpha value is -5.03. The van der Waals surface area contributed by atoms with Gasteiger partial charge in [0.2, 0.25) is 5.91 Å². The molecule has 0 spiro atoms. The van der Waals surface area contributed by atoms with Crippen LogP contribution in [0.15, 0.2) is 79.1 Å². The average Bonchev–Trinajstić information content (AvgIpc) is 3.67. The molecule has 0 aliphatic rings. The van der Waals surface area contributed by atoms with E-state index >= 15 is 0 Å². The van der Waals surface area contributed by atoms with Gasteiger partial charge in [0, 0.05) is 17.7 Å². The molecule has 3 aromatic carbocycles. The number of aryl methyl sites for hydroxylation is 2. The molecule has 2 aromatic heterocycles. The summed E-state index contributed by atoms with van der Waals surface area (Å²) in [5, 5.41) is 17.6. The van der Waals surface area contributed by atoms with Crippen molar-refractivity contribution in [2.75, 3.05) is 12.4 Å². The van der Waals surface area contributed by atoms with Crippen LogP contribution < -0.4 is 10.6 Å². The van der Waals surface area contributed by atoms with E-state index < -0.39 is 12.1 Å². The second kappa shape index (κ2) is 13.1. The molecule has 0 saturated carbocycles. The van der Waals surface area contributed by atoms with Crippen molar-refractivity contribution in [1.82, 2.24) is 35.5 Å². The largest absolute Gasteiger partial charge is 0.453 e. The summed E-state index contributed by atoms with van der Waals surface area (Å²) in [6.07, 6.45) is 2.23. The van der Waals surface area contributed by atoms with Crippen LogP contribution in [-0.4, -0.2) is 49.3 Å². The zero-order valence-corrected chi connectivity index (χ0v) is 23.8. The molecule has 11 nitrogen and oxygen atoms in total. The lowest BCUT2D eigenvalue weighted by Gasteiger charge is -2.17. The van der Waals surface area contributed by atoms with Crippen LogP contribution in [0.1, 0.15) is 35.0 Å². The van der Waals surface area contributed by atoms with Gasteiger partial charge in [0.05, 0.1) is 18.8 Å². The lowest BCUT2D eigenvalue weighted by Crippen LogP contribution is -2.31. The topological polar surface area (TPSA) is 140 Å². The molecule has 0 bridgehead atoms. The Bertz CT molecular complexity index is 1650. The number of nitrogens with zero attached hydrogens (tertiary/aromatic N) is 5. The number of nitrogens with one attached hydrogen (secondary N) is 3. The number of rotatable bonds is 10. The van der Waals surface area contributed by atoms with Crippen molar-refractivity contribution < 1.29 is 14.3 Å². The Morgan fingerprint density at radius 3 is 2.57 bits per heavy atom. The van der Waals surface area contributed by atoms with Gasteiger partial charge in [-0.25, -0.2) is 14.5 Å². The number of aromatic nitrogens is 6. The summed E-state index contributed by atoms with van der Waals surface area (Å²) < 4.78 is 6.23. The van der Waals surface area contributed by atoms with Gasteiger partial charge in [-0.2, -0.15) is 0 Å². The van der Waals surface area contributed by atoms with Gasteiger partial charge in [0.1, 0.15) is 23.0 Å². The summed E-state index contributed by atoms with van der Waals surface area (Å²) in [6.45, 7) is 2.00. The normalized spacial score (nSPS) is 11.6. The Balaban J connectivity index is 1.34. The van der Waals surface area contributed by atoms with Crippen molar-refractivity contribution in [2.45, 2.75) is 32.2 Å². The van der Waals surface area contributed by atoms with E-state index in [-0.39, 0.29) is 12.3 Å². The van der Waals surface area contributed by atoms with Gasteiger partial charge in [-0.15, -0.1) is 5.10 Å². The minimum atomic E-state index is -0.559. The molecular formula is C30H29ClN8O3. The molecular weight excluding hydrogens is 556 g/mol. The van der Waals surface area contributed by atoms with Crippen LogP contribution in [0.25, 0.3) is 16.9 Å². The first-order valence-corrected chi connectivity index (χ1v) is 13.6. The third kappa shape index (κ3) is 6.99. The number of ether oxygens (including phenoxy) is 1. The Morgan fingerprint density at radius 2 is 1.86 bits per heavy atom. The van der Waals surface area contributed by atoms with E-state index in [4.69, 9.17) is 16.6 Å². The highest BCUT2D eigenvalue weighted by atomic mass is 35.5. The molecule has 5 rings (SSSR count). The summed E-state index contributed by atoms with van der Waals surface area (Å²) in [6, 6.07) is 22.4. The van der Waals surface area contributed by atoms with Gasteiger partial charge in [0.15, 0.2) is 0 Å². The van der Waals surface area contributed by atoms with E-state index in [1.54, 1.807) is 28.9 Å². The van der Waals surface area contributed by atoms with Gasteiger partial charge < -0.3 is 15.0 Å². The van der Waals surface area contributed by atoms with Crippen LogP contribution in [0, 0.1) is 6.92 Å². The number of benzene rings is 3. The molecule has 2 amide bonds. The van der Waals surface area contributed by atoms with E-state index in [0.29, 0.717) is 35.2 Å². The number of amides is 2. The zero-order chi connectivity index (χ0) is 29.5. The lowest BCUT2D eigenvalue weighted by atomic mass is 10.0. The highest BCUT2D eigenvalue weighted by Gasteiger charge is 2.22. The second-order valence-electron chi connectivity index (χ2n) is 9.67. The summed E-state index contributed by atoms with van der Waals surface area (Å²) in [5.74, 6) is 0.404. The molecule has 0 fully saturated rings. The zero-order valence-electron chi connectivity index (χ0n) is 23.0. The number of hydrogen-bond acceptors (Lipinski definition) is 7. The second-order valence-corrected chi connectivity index (χ2v) is 10.1. The number of H-pyrrole nitrogens is 1. The van der Waals surface area contributed by atoms with Gasteiger partial charge in [0.25, 0.3) is 0 Å². The van der Waals surface area contributed by atoms with E-state index in [1.807, 2.05) is 55.5 Å². The number of carbonyl (C=O) groups excluding carboxylic acids is 2. The molecule has 2 heterocycles. The number of halogens is 1. The molecule has 1 atom stereocenters. The fourth-order valence-electron chi connectivity index (χ4n) is 4.60. The van der Waals surface area contributed by atoms with Gasteiger partial charge in [-0.1, -0.05) is 71.8 Å². The predicted octanol–water partition coefficient (Wildman–Crippen LogP) is 5.23. The van der Waals surface area contributed by atoms with Crippen molar-refractivity contribution in [2.24, 2.45) is 0 Å². The lowest BCUT2D eigenvalue weighted by molar-refractivity contribution is -0.121. The molecule has 3 N–H and O–H groups in total. The third-order valence-corrected chi connectivity index (χ3v) is 6.94. The summed E-state index contributed by atoms with van der Waals surface area (Å²) >= 11 is 6.59. The van der Waals surface area contributed by atoms with Gasteiger partial charge in [-0.3, -0.25) is 10.1 Å². The van der Waals surface area contributed by atoms with E-state index in [9.17, 15) is 9.59 Å². The quantitative estimate of drug-likeness (QED) is 0.204. The third-order valence-electron chi connectivity index (χ3n) is 6.67.